The maximum absolute atomic E-state index is 12.2. The van der Waals surface area contributed by atoms with E-state index >= 15 is 0 Å². The van der Waals surface area contributed by atoms with Crippen LogP contribution in [0.3, 0.4) is 0 Å². The Morgan fingerprint density at radius 3 is 2.32 bits per heavy atom. The summed E-state index contributed by atoms with van der Waals surface area (Å²) in [5, 5.41) is 9.31. The van der Waals surface area contributed by atoms with Gasteiger partial charge in [0.25, 0.3) is 0 Å². The van der Waals surface area contributed by atoms with Gasteiger partial charge < -0.3 is 10.0 Å². The maximum atomic E-state index is 12.2. The average Bonchev–Trinajstić information content (AvgIpc) is 2.41. The van der Waals surface area contributed by atoms with Crippen molar-refractivity contribution in [3.05, 3.63) is 0 Å². The average molecular weight is 270 g/mol. The zero-order valence-electron chi connectivity index (χ0n) is 12.8. The molecule has 1 rings (SSSR count). The van der Waals surface area contributed by atoms with E-state index in [4.69, 9.17) is 0 Å². The van der Waals surface area contributed by atoms with Gasteiger partial charge in [-0.25, -0.2) is 0 Å². The normalized spacial score (nSPS) is 20.3. The van der Waals surface area contributed by atoms with Crippen LogP contribution in [0.2, 0.25) is 0 Å². The quantitative estimate of drug-likeness (QED) is 0.766. The van der Waals surface area contributed by atoms with Gasteiger partial charge in [0.1, 0.15) is 0 Å². The van der Waals surface area contributed by atoms with Gasteiger partial charge in [0.2, 0.25) is 5.91 Å². The number of aliphatic hydroxyl groups is 1. The molecule has 1 aliphatic rings. The maximum Gasteiger partial charge on any atom is 0.222 e. The van der Waals surface area contributed by atoms with Crippen LogP contribution in [0.25, 0.3) is 0 Å². The molecule has 4 heteroatoms. The van der Waals surface area contributed by atoms with Crippen LogP contribution in [0.4, 0.5) is 0 Å². The Bertz CT molecular complexity index is 259. The molecule has 0 radical (unpaired) electrons. The van der Waals surface area contributed by atoms with Gasteiger partial charge in [-0.1, -0.05) is 33.6 Å². The van der Waals surface area contributed by atoms with Crippen LogP contribution in [-0.2, 0) is 4.79 Å². The minimum atomic E-state index is 0.220. The highest BCUT2D eigenvalue weighted by atomic mass is 16.3. The molecule has 1 saturated heterocycles. The second-order valence-corrected chi connectivity index (χ2v) is 5.76. The van der Waals surface area contributed by atoms with E-state index in [-0.39, 0.29) is 12.6 Å². The van der Waals surface area contributed by atoms with Crippen molar-refractivity contribution in [3.8, 4) is 0 Å². The standard InChI is InChI=1S/C15H30N2O2/c1-4-6-13(3)11-15(19)17-9-7-16(8-10-17)14(5-2)12-18/h13-14,18H,4-12H2,1-3H3. The number of rotatable bonds is 7. The van der Waals surface area contributed by atoms with Crippen molar-refractivity contribution in [2.24, 2.45) is 5.92 Å². The summed E-state index contributed by atoms with van der Waals surface area (Å²) in [4.78, 5) is 16.5. The lowest BCUT2D eigenvalue weighted by Gasteiger charge is -2.38. The van der Waals surface area contributed by atoms with E-state index in [1.165, 1.54) is 0 Å². The molecule has 1 fully saturated rings. The highest BCUT2D eigenvalue weighted by Crippen LogP contribution is 2.14. The fourth-order valence-corrected chi connectivity index (χ4v) is 2.86. The first-order valence-corrected chi connectivity index (χ1v) is 7.75. The minimum Gasteiger partial charge on any atom is -0.395 e. The molecule has 0 aromatic rings. The van der Waals surface area contributed by atoms with Gasteiger partial charge in [0.15, 0.2) is 0 Å². The van der Waals surface area contributed by atoms with Crippen molar-refractivity contribution in [2.45, 2.75) is 52.5 Å². The molecule has 19 heavy (non-hydrogen) atoms. The molecule has 0 aromatic heterocycles. The van der Waals surface area contributed by atoms with Crippen molar-refractivity contribution in [3.63, 3.8) is 0 Å². The highest BCUT2D eigenvalue weighted by molar-refractivity contribution is 5.76. The van der Waals surface area contributed by atoms with Crippen LogP contribution in [0, 0.1) is 5.92 Å². The molecule has 0 aromatic carbocycles. The van der Waals surface area contributed by atoms with Crippen LogP contribution in [-0.4, -0.2) is 59.6 Å². The second-order valence-electron chi connectivity index (χ2n) is 5.76. The molecule has 1 amide bonds. The van der Waals surface area contributed by atoms with Crippen LogP contribution in [0.1, 0.15) is 46.5 Å². The largest absolute Gasteiger partial charge is 0.395 e. The predicted octanol–water partition coefficient (Wildman–Crippen LogP) is 1.73. The summed E-state index contributed by atoms with van der Waals surface area (Å²) in [7, 11) is 0. The van der Waals surface area contributed by atoms with Gasteiger partial charge in [-0.05, 0) is 12.3 Å². The van der Waals surface area contributed by atoms with E-state index in [0.29, 0.717) is 18.2 Å². The Labute approximate surface area is 117 Å². The first kappa shape index (κ1) is 16.4. The Kier molecular flexibility index (Phi) is 7.39. The number of hydrogen-bond acceptors (Lipinski definition) is 3. The zero-order valence-corrected chi connectivity index (χ0v) is 12.8. The van der Waals surface area contributed by atoms with Gasteiger partial charge in [-0.2, -0.15) is 0 Å². The lowest BCUT2D eigenvalue weighted by molar-refractivity contribution is -0.134. The smallest absolute Gasteiger partial charge is 0.222 e. The number of carbonyl (C=O) groups excluding carboxylic acids is 1. The SMILES string of the molecule is CCCC(C)CC(=O)N1CCN(C(CC)CO)CC1. The third-order valence-electron chi connectivity index (χ3n) is 4.17. The first-order valence-electron chi connectivity index (χ1n) is 7.75. The number of nitrogens with zero attached hydrogens (tertiary/aromatic N) is 2. The Morgan fingerprint density at radius 1 is 1.21 bits per heavy atom. The molecule has 1 N–H and O–H groups in total. The molecule has 2 atom stereocenters. The topological polar surface area (TPSA) is 43.8 Å². The minimum absolute atomic E-state index is 0.220. The molecule has 1 heterocycles. The summed E-state index contributed by atoms with van der Waals surface area (Å²) in [6.07, 6.45) is 3.94. The van der Waals surface area contributed by atoms with Gasteiger partial charge in [0, 0.05) is 38.6 Å². The van der Waals surface area contributed by atoms with E-state index < -0.39 is 0 Å². The monoisotopic (exact) mass is 270 g/mol. The third-order valence-corrected chi connectivity index (χ3v) is 4.17. The molecule has 0 bridgehead atoms. The summed E-state index contributed by atoms with van der Waals surface area (Å²) in [5.74, 6) is 0.800. The molecular weight excluding hydrogens is 240 g/mol. The van der Waals surface area contributed by atoms with Gasteiger partial charge >= 0.3 is 0 Å². The van der Waals surface area contributed by atoms with Crippen molar-refractivity contribution in [2.75, 3.05) is 32.8 Å². The number of hydrogen-bond donors (Lipinski definition) is 1. The molecule has 1 aliphatic heterocycles. The zero-order chi connectivity index (χ0) is 14.3. The summed E-state index contributed by atoms with van der Waals surface area (Å²) >= 11 is 0. The number of amides is 1. The third kappa shape index (κ3) is 5.11. The Balaban J connectivity index is 2.34. The Morgan fingerprint density at radius 2 is 1.84 bits per heavy atom. The van der Waals surface area contributed by atoms with Gasteiger partial charge in [-0.15, -0.1) is 0 Å². The fourth-order valence-electron chi connectivity index (χ4n) is 2.86. The van der Waals surface area contributed by atoms with Crippen LogP contribution in [0.15, 0.2) is 0 Å². The van der Waals surface area contributed by atoms with Gasteiger partial charge in [-0.3, -0.25) is 9.69 Å². The van der Waals surface area contributed by atoms with E-state index in [9.17, 15) is 9.90 Å². The molecule has 0 saturated carbocycles. The second kappa shape index (κ2) is 8.54. The fraction of sp³-hybridized carbons (Fsp3) is 0.933. The van der Waals surface area contributed by atoms with Crippen molar-refractivity contribution >= 4 is 5.91 Å². The van der Waals surface area contributed by atoms with Crippen molar-refractivity contribution in [1.82, 2.24) is 9.80 Å². The molecule has 0 aliphatic carbocycles. The summed E-state index contributed by atoms with van der Waals surface area (Å²) < 4.78 is 0. The van der Waals surface area contributed by atoms with Gasteiger partial charge in [0.05, 0.1) is 6.61 Å². The van der Waals surface area contributed by atoms with E-state index in [1.807, 2.05) is 4.90 Å². The molecule has 4 nitrogen and oxygen atoms in total. The first-order chi connectivity index (χ1) is 9.12. The highest BCUT2D eigenvalue weighted by Gasteiger charge is 2.25. The van der Waals surface area contributed by atoms with Crippen molar-refractivity contribution in [1.29, 1.82) is 0 Å². The van der Waals surface area contributed by atoms with Crippen LogP contribution < -0.4 is 0 Å². The van der Waals surface area contributed by atoms with E-state index in [2.05, 4.69) is 25.7 Å². The van der Waals surface area contributed by atoms with E-state index in [0.717, 1.165) is 45.4 Å². The lowest BCUT2D eigenvalue weighted by Crippen LogP contribution is -2.52. The number of aliphatic hydroxyl groups excluding tert-OH is 1. The van der Waals surface area contributed by atoms with Crippen LogP contribution >= 0.6 is 0 Å². The lowest BCUT2D eigenvalue weighted by atomic mass is 10.0. The molecular formula is C15H30N2O2. The van der Waals surface area contributed by atoms with Crippen molar-refractivity contribution < 1.29 is 9.90 Å². The summed E-state index contributed by atoms with van der Waals surface area (Å²) in [5.41, 5.74) is 0. The number of piperazine rings is 1. The Hall–Kier alpha value is -0.610. The van der Waals surface area contributed by atoms with E-state index in [1.54, 1.807) is 0 Å². The predicted molar refractivity (Wildman–Crippen MR) is 78.0 cm³/mol. The summed E-state index contributed by atoms with van der Waals surface area (Å²) in [6.45, 7) is 10.1. The summed E-state index contributed by atoms with van der Waals surface area (Å²) in [6, 6.07) is 0.260. The van der Waals surface area contributed by atoms with Crippen LogP contribution in [0.5, 0.6) is 0 Å². The molecule has 2 unspecified atom stereocenters. The number of carbonyl (C=O) groups is 1. The molecule has 112 valence electrons. The molecule has 0 spiro atoms.